The molecule has 0 unspecified atom stereocenters. The number of benzene rings is 3. The number of hydrogen-bond donors (Lipinski definition) is 9. The zero-order valence-corrected chi connectivity index (χ0v) is 38.0. The number of carbonyl (C=O) groups excluding carboxylic acids is 2. The molecule has 3 rings (SSSR count). The molecule has 0 heterocycles. The van der Waals surface area contributed by atoms with Gasteiger partial charge in [-0.05, 0) is 117 Å². The van der Waals surface area contributed by atoms with Crippen molar-refractivity contribution in [2.24, 2.45) is 5.73 Å². The van der Waals surface area contributed by atoms with E-state index in [0.717, 1.165) is 17.5 Å². The van der Waals surface area contributed by atoms with Crippen molar-refractivity contribution in [2.45, 2.75) is 97.4 Å². The van der Waals surface area contributed by atoms with Crippen molar-refractivity contribution in [1.29, 1.82) is 0 Å². The normalized spacial score (nSPS) is 10.8. The van der Waals surface area contributed by atoms with E-state index < -0.39 is 11.7 Å². The molecular weight excluding hydrogens is 838 g/mol. The van der Waals surface area contributed by atoms with Crippen molar-refractivity contribution in [2.75, 3.05) is 45.7 Å². The lowest BCUT2D eigenvalue weighted by atomic mass is 10.1. The molecule has 60 heavy (non-hydrogen) atoms. The fourth-order valence-electron chi connectivity index (χ4n) is 4.93. The van der Waals surface area contributed by atoms with Gasteiger partial charge in [-0.3, -0.25) is 4.79 Å². The fourth-order valence-corrected chi connectivity index (χ4v) is 7.17. The fraction of sp³-hybridized carbons (Fsp3) is 0.524. The minimum Gasteiger partial charge on any atom is -0.492 e. The highest BCUT2D eigenvalue weighted by atomic mass is 35.5. The van der Waals surface area contributed by atoms with Gasteiger partial charge in [0.25, 0.3) is 0 Å². The van der Waals surface area contributed by atoms with E-state index in [2.05, 4.69) is 24.5 Å². The Balaban J connectivity index is 0.000000891. The minimum atomic E-state index is -0.531. The first kappa shape index (κ1) is 56.5. The van der Waals surface area contributed by atoms with Gasteiger partial charge < -0.3 is 66.0 Å². The monoisotopic (exact) mass is 903 g/mol. The van der Waals surface area contributed by atoms with Crippen LogP contribution in [0.2, 0.25) is 0 Å². The molecule has 0 spiro atoms. The van der Waals surface area contributed by atoms with Crippen molar-refractivity contribution < 1.29 is 59.2 Å². The summed E-state index contributed by atoms with van der Waals surface area (Å²) < 4.78 is 21.5. The second-order valence-corrected chi connectivity index (χ2v) is 17.6. The Labute approximate surface area is 368 Å². The van der Waals surface area contributed by atoms with E-state index in [4.69, 9.17) is 45.1 Å². The molecule has 3 aromatic carbocycles. The molecule has 10 N–H and O–H groups in total. The maximum atomic E-state index is 11.9. The molecule has 2 amide bonds. The zero-order chi connectivity index (χ0) is 44.3. The number of nitrogens with one attached hydrogen (secondary N) is 2. The summed E-state index contributed by atoms with van der Waals surface area (Å²) in [5.41, 5.74) is 8.92. The molecule has 0 bridgehead atoms. The predicted octanol–water partition coefficient (Wildman–Crippen LogP) is 4.74. The first-order chi connectivity index (χ1) is 28.0. The van der Waals surface area contributed by atoms with E-state index in [0.29, 0.717) is 78.8 Å². The quantitative estimate of drug-likeness (QED) is 0.0489. The van der Waals surface area contributed by atoms with Crippen LogP contribution < -0.4 is 30.6 Å². The highest BCUT2D eigenvalue weighted by molar-refractivity contribution is 8.76. The van der Waals surface area contributed by atoms with Crippen LogP contribution in [-0.2, 0) is 49.2 Å². The average Bonchev–Trinajstić information content (AvgIpc) is 3.21. The van der Waals surface area contributed by atoms with Gasteiger partial charge in [0.15, 0.2) is 0 Å². The van der Waals surface area contributed by atoms with Gasteiger partial charge in [0.05, 0.1) is 52.7 Å². The molecule has 0 radical (unpaired) electrons. The third kappa shape index (κ3) is 26.0. The van der Waals surface area contributed by atoms with Crippen LogP contribution in [0.4, 0.5) is 4.79 Å². The molecule has 0 saturated carbocycles. The van der Waals surface area contributed by atoms with Gasteiger partial charge in [-0.15, -0.1) is 12.4 Å². The summed E-state index contributed by atoms with van der Waals surface area (Å²) >= 11 is 0. The number of halogens is 1. The highest BCUT2D eigenvalue weighted by Crippen LogP contribution is 2.37. The number of nitrogens with two attached hydrogens (primary N) is 1. The third-order valence-corrected chi connectivity index (χ3v) is 10.2. The van der Waals surface area contributed by atoms with E-state index in [1.165, 1.54) is 0 Å². The predicted molar refractivity (Wildman–Crippen MR) is 239 cm³/mol. The molecule has 0 aliphatic carbocycles. The smallest absolute Gasteiger partial charge is 0.407 e. The third-order valence-electron chi connectivity index (χ3n) is 7.56. The number of hydrogen-bond acceptors (Lipinski definition) is 15. The summed E-state index contributed by atoms with van der Waals surface area (Å²) in [5.74, 6) is 1.77. The summed E-state index contributed by atoms with van der Waals surface area (Å²) in [6, 6.07) is 15.4. The summed E-state index contributed by atoms with van der Waals surface area (Å²) in [7, 11) is 3.49. The molecule has 340 valence electrons. The van der Waals surface area contributed by atoms with Crippen molar-refractivity contribution >= 4 is 46.0 Å². The first-order valence-electron chi connectivity index (χ1n) is 19.1. The molecule has 0 saturated heterocycles. The summed E-state index contributed by atoms with van der Waals surface area (Å²) in [6.45, 7) is 11.3. The van der Waals surface area contributed by atoms with E-state index in [9.17, 15) is 19.8 Å². The van der Waals surface area contributed by atoms with Gasteiger partial charge in [-0.1, -0.05) is 39.8 Å². The van der Waals surface area contributed by atoms with Crippen LogP contribution in [0.3, 0.4) is 0 Å². The Morgan fingerprint density at radius 1 is 0.600 bits per heavy atom. The molecule has 0 aliphatic heterocycles. The Morgan fingerprint density at radius 3 is 1.27 bits per heavy atom. The second-order valence-electron chi connectivity index (χ2n) is 14.5. The van der Waals surface area contributed by atoms with Crippen LogP contribution in [0.15, 0.2) is 54.6 Å². The Kier molecular flexibility index (Phi) is 29.5. The van der Waals surface area contributed by atoms with Gasteiger partial charge in [-0.25, -0.2) is 4.79 Å². The van der Waals surface area contributed by atoms with Crippen LogP contribution in [0.25, 0.3) is 0 Å². The number of aliphatic hydroxyl groups excluding tert-OH is 6. The molecular formula is C42H66ClN3O12S2. The highest BCUT2D eigenvalue weighted by Gasteiger charge is 2.19. The largest absolute Gasteiger partial charge is 0.492 e. The summed E-state index contributed by atoms with van der Waals surface area (Å²) in [5, 5.41) is 60.0. The number of rotatable bonds is 22. The first-order valence-corrected chi connectivity index (χ1v) is 21.7. The lowest BCUT2D eigenvalue weighted by Crippen LogP contribution is -2.34. The average molecular weight is 905 g/mol. The minimum absolute atomic E-state index is 0. The van der Waals surface area contributed by atoms with E-state index in [1.807, 2.05) is 6.26 Å². The number of aliphatic hydroxyl groups is 6. The van der Waals surface area contributed by atoms with Crippen molar-refractivity contribution in [3.05, 3.63) is 88.0 Å². The molecule has 0 aromatic heterocycles. The van der Waals surface area contributed by atoms with Crippen LogP contribution >= 0.6 is 34.0 Å². The lowest BCUT2D eigenvalue weighted by Gasteiger charge is -2.21. The number of carbonyl (C=O) groups is 2. The molecule has 15 nitrogen and oxygen atoms in total. The van der Waals surface area contributed by atoms with E-state index in [1.54, 1.807) is 97.0 Å². The number of alkyl carbamates (subject to hydrolysis) is 1. The second kappa shape index (κ2) is 31.4. The molecule has 0 atom stereocenters. The van der Waals surface area contributed by atoms with Crippen LogP contribution in [-0.4, -0.2) is 98.7 Å². The topological polar surface area (TPSA) is 243 Å². The van der Waals surface area contributed by atoms with Gasteiger partial charge >= 0.3 is 6.09 Å². The van der Waals surface area contributed by atoms with E-state index in [-0.39, 0.29) is 69.3 Å². The van der Waals surface area contributed by atoms with E-state index >= 15 is 0 Å². The zero-order valence-electron chi connectivity index (χ0n) is 35.5. The molecule has 18 heteroatoms. The molecule has 0 fully saturated rings. The summed E-state index contributed by atoms with van der Waals surface area (Å²) in [4.78, 5) is 23.3. The number of ether oxygens (including phenoxy) is 4. The van der Waals surface area contributed by atoms with Gasteiger partial charge in [0.1, 0.15) is 42.7 Å². The Bertz CT molecular complexity index is 1600. The Hall–Kier alpha value is -3.49. The van der Waals surface area contributed by atoms with Crippen LogP contribution in [0, 0.1) is 0 Å². The molecule has 3 aromatic rings. The maximum Gasteiger partial charge on any atom is 0.407 e. The maximum absolute atomic E-state index is 11.9. The lowest BCUT2D eigenvalue weighted by molar-refractivity contribution is -0.121. The van der Waals surface area contributed by atoms with Crippen LogP contribution in [0.1, 0.15) is 80.8 Å². The number of amides is 2. The van der Waals surface area contributed by atoms with Crippen LogP contribution in [0.5, 0.6) is 17.2 Å². The van der Waals surface area contributed by atoms with Crippen molar-refractivity contribution in [1.82, 2.24) is 10.6 Å². The van der Waals surface area contributed by atoms with Gasteiger partial charge in [-0.2, -0.15) is 0 Å². The van der Waals surface area contributed by atoms with Crippen molar-refractivity contribution in [3.8, 4) is 17.2 Å². The van der Waals surface area contributed by atoms with Gasteiger partial charge in [0, 0.05) is 17.7 Å². The summed E-state index contributed by atoms with van der Waals surface area (Å²) in [6.07, 6.45) is 2.86. The molecule has 0 aliphatic rings. The SMILES string of the molecule is CC(C)(C)OC(=O)NCCOc1cc(CO)cc(CO)c1.CSSC(C)(C)CCC(=O)NCCOc1cc(CO)cc(CO)c1.Cl.NCCOc1cc(CO)cc(CO)c1. The van der Waals surface area contributed by atoms with Crippen molar-refractivity contribution in [3.63, 3.8) is 0 Å². The Morgan fingerprint density at radius 2 is 0.950 bits per heavy atom. The van der Waals surface area contributed by atoms with Gasteiger partial charge in [0.2, 0.25) is 5.91 Å². The standard InChI is InChI=1S/C17H27NO4S2.C15H23NO5.C10H15NO3.ClH/c1-17(2,24-23-3)5-4-16(21)18-6-7-22-15-9-13(11-19)8-14(10-15)12-20;1-15(2,3)21-14(19)16-4-5-20-13-7-11(9-17)6-12(8-13)10-18;11-1-2-14-10-4-8(6-12)3-9(5-10)7-13;/h8-10,19-20H,4-7,11-12H2,1-3H3,(H,18,21);6-8,17-18H,4-5,9-10H2,1-3H3,(H,16,19);3-5,12-13H,1-2,6-7,11H2;1H.